The molecule has 0 saturated heterocycles. The van der Waals surface area contributed by atoms with Crippen molar-refractivity contribution in [1.82, 2.24) is 4.72 Å². The number of benzene rings is 2. The zero-order chi connectivity index (χ0) is 23.1. The fourth-order valence-corrected chi connectivity index (χ4v) is 3.59. The molecule has 0 aliphatic rings. The van der Waals surface area contributed by atoms with Crippen LogP contribution in [-0.2, 0) is 19.6 Å². The molecular weight excluding hydrogens is 418 g/mol. The van der Waals surface area contributed by atoms with E-state index in [-0.39, 0.29) is 18.0 Å². The molecule has 2 aromatic rings. The van der Waals surface area contributed by atoms with Crippen LogP contribution in [0.4, 0.5) is 11.4 Å². The lowest BCUT2D eigenvalue weighted by Crippen LogP contribution is -2.41. The van der Waals surface area contributed by atoms with E-state index in [0.717, 1.165) is 0 Å². The largest absolute Gasteiger partial charge is 0.481 e. The second-order valence-corrected chi connectivity index (χ2v) is 10.2. The maximum absolute atomic E-state index is 12.6. The van der Waals surface area contributed by atoms with E-state index in [9.17, 15) is 13.2 Å². The van der Waals surface area contributed by atoms with Crippen molar-refractivity contribution in [3.8, 4) is 0 Å². The Bertz CT molecular complexity index is 1000. The lowest BCUT2D eigenvalue weighted by Gasteiger charge is -2.28. The molecule has 0 unspecified atom stereocenters. The van der Waals surface area contributed by atoms with E-state index in [1.54, 1.807) is 39.8 Å². The fraction of sp³-hybridized carbons (Fsp3) is 0.409. The number of carboxylic acid groups (broad SMARTS) is 1. The van der Waals surface area contributed by atoms with E-state index < -0.39 is 27.0 Å². The molecule has 0 atom stereocenters. The van der Waals surface area contributed by atoms with E-state index in [2.05, 4.69) is 15.0 Å². The van der Waals surface area contributed by atoms with Gasteiger partial charge < -0.3 is 9.84 Å². The third kappa shape index (κ3) is 7.86. The average Bonchev–Trinajstić information content (AvgIpc) is 2.72. The molecule has 0 aliphatic carbocycles. The molecule has 2 aromatic carbocycles. The SMILES string of the molecule is CC(C)(CNS(=O)(=O)c1ccc(N=Nc2ccccc2)cc1)OCCC(C)(C)C(=O)O. The van der Waals surface area contributed by atoms with Crippen LogP contribution in [0.2, 0.25) is 0 Å². The summed E-state index contributed by atoms with van der Waals surface area (Å²) >= 11 is 0. The van der Waals surface area contributed by atoms with Crippen molar-refractivity contribution in [3.05, 3.63) is 54.6 Å². The minimum Gasteiger partial charge on any atom is -0.481 e. The first kappa shape index (κ1) is 24.6. The number of hydrogen-bond donors (Lipinski definition) is 2. The number of carbonyl (C=O) groups is 1. The zero-order valence-electron chi connectivity index (χ0n) is 18.2. The molecule has 9 heteroatoms. The lowest BCUT2D eigenvalue weighted by atomic mass is 9.90. The number of rotatable bonds is 11. The smallest absolute Gasteiger partial charge is 0.309 e. The Morgan fingerprint density at radius 1 is 0.968 bits per heavy atom. The first-order valence-corrected chi connectivity index (χ1v) is 11.3. The van der Waals surface area contributed by atoms with Gasteiger partial charge in [0.25, 0.3) is 0 Å². The highest BCUT2D eigenvalue weighted by molar-refractivity contribution is 7.89. The normalized spacial score (nSPS) is 12.9. The minimum absolute atomic E-state index is 0.0400. The molecule has 31 heavy (non-hydrogen) atoms. The van der Waals surface area contributed by atoms with E-state index in [0.29, 0.717) is 17.8 Å². The van der Waals surface area contributed by atoms with Crippen molar-refractivity contribution < 1.29 is 23.1 Å². The summed E-state index contributed by atoms with van der Waals surface area (Å²) in [4.78, 5) is 11.3. The number of carboxylic acids is 1. The topological polar surface area (TPSA) is 117 Å². The highest BCUT2D eigenvalue weighted by Gasteiger charge is 2.29. The molecule has 2 rings (SSSR count). The summed E-state index contributed by atoms with van der Waals surface area (Å²) in [5.74, 6) is -0.902. The van der Waals surface area contributed by atoms with Crippen LogP contribution in [0.1, 0.15) is 34.1 Å². The van der Waals surface area contributed by atoms with E-state index >= 15 is 0 Å². The number of ether oxygens (including phenoxy) is 1. The van der Waals surface area contributed by atoms with Gasteiger partial charge in [0.05, 0.1) is 27.3 Å². The Balaban J connectivity index is 1.92. The van der Waals surface area contributed by atoms with Crippen LogP contribution in [0.3, 0.4) is 0 Å². The number of hydrogen-bond acceptors (Lipinski definition) is 6. The molecule has 0 saturated carbocycles. The Labute approximate surface area is 183 Å². The summed E-state index contributed by atoms with van der Waals surface area (Å²) in [7, 11) is -3.74. The fourth-order valence-electron chi connectivity index (χ4n) is 2.39. The van der Waals surface area contributed by atoms with Crippen molar-refractivity contribution in [2.75, 3.05) is 13.2 Å². The Hall–Kier alpha value is -2.62. The van der Waals surface area contributed by atoms with Gasteiger partial charge in [0.2, 0.25) is 10.0 Å². The van der Waals surface area contributed by atoms with Crippen LogP contribution < -0.4 is 4.72 Å². The molecule has 0 amide bonds. The molecule has 2 N–H and O–H groups in total. The number of nitrogens with one attached hydrogen (secondary N) is 1. The summed E-state index contributed by atoms with van der Waals surface area (Å²) in [5, 5.41) is 17.4. The number of nitrogens with zero attached hydrogens (tertiary/aromatic N) is 2. The van der Waals surface area contributed by atoms with Gasteiger partial charge in [0, 0.05) is 13.2 Å². The predicted octanol–water partition coefficient (Wildman–Crippen LogP) is 4.68. The average molecular weight is 448 g/mol. The standard InChI is InChI=1S/C22H29N3O5S/c1-21(2,20(26)27)14-15-30-22(3,4)16-23-31(28,29)19-12-10-18(11-13-19)25-24-17-8-6-5-7-9-17/h5-13,23H,14-16H2,1-4H3,(H,26,27). The summed E-state index contributed by atoms with van der Waals surface area (Å²) in [6, 6.07) is 15.3. The van der Waals surface area contributed by atoms with Crippen LogP contribution in [0.15, 0.2) is 69.7 Å². The summed E-state index contributed by atoms with van der Waals surface area (Å²) in [6.45, 7) is 6.98. The minimum atomic E-state index is -3.74. The van der Waals surface area contributed by atoms with Crippen molar-refractivity contribution in [2.45, 2.75) is 44.6 Å². The number of azo groups is 1. The van der Waals surface area contributed by atoms with Crippen LogP contribution in [0, 0.1) is 5.41 Å². The quantitative estimate of drug-likeness (QED) is 0.485. The van der Waals surface area contributed by atoms with Gasteiger partial charge in [-0.05, 0) is 70.5 Å². The first-order chi connectivity index (χ1) is 14.4. The molecule has 0 aliphatic heterocycles. The van der Waals surface area contributed by atoms with Gasteiger partial charge >= 0.3 is 5.97 Å². The van der Waals surface area contributed by atoms with Crippen molar-refractivity contribution in [3.63, 3.8) is 0 Å². The summed E-state index contributed by atoms with van der Waals surface area (Å²) < 4.78 is 33.4. The molecular formula is C22H29N3O5S. The highest BCUT2D eigenvalue weighted by Crippen LogP contribution is 2.23. The van der Waals surface area contributed by atoms with Gasteiger partial charge in [0.15, 0.2) is 0 Å². The van der Waals surface area contributed by atoms with Gasteiger partial charge in [-0.1, -0.05) is 18.2 Å². The zero-order valence-corrected chi connectivity index (χ0v) is 19.0. The lowest BCUT2D eigenvalue weighted by molar-refractivity contribution is -0.148. The van der Waals surface area contributed by atoms with Crippen LogP contribution >= 0.6 is 0 Å². The molecule has 0 bridgehead atoms. The third-order valence-electron chi connectivity index (χ3n) is 4.67. The Morgan fingerprint density at radius 2 is 1.52 bits per heavy atom. The molecule has 168 valence electrons. The van der Waals surface area contributed by atoms with Crippen LogP contribution in [0.25, 0.3) is 0 Å². The van der Waals surface area contributed by atoms with Crippen molar-refractivity contribution in [2.24, 2.45) is 15.6 Å². The monoisotopic (exact) mass is 447 g/mol. The number of aliphatic carboxylic acids is 1. The molecule has 0 radical (unpaired) electrons. The second kappa shape index (κ2) is 10.1. The molecule has 0 fully saturated rings. The molecule has 0 aromatic heterocycles. The first-order valence-electron chi connectivity index (χ1n) is 9.85. The van der Waals surface area contributed by atoms with E-state index in [4.69, 9.17) is 9.84 Å². The molecule has 0 spiro atoms. The molecule has 0 heterocycles. The predicted molar refractivity (Wildman–Crippen MR) is 118 cm³/mol. The van der Waals surface area contributed by atoms with Gasteiger partial charge in [0.1, 0.15) is 0 Å². The van der Waals surface area contributed by atoms with Crippen molar-refractivity contribution in [1.29, 1.82) is 0 Å². The Kier molecular flexibility index (Phi) is 8.05. The summed E-state index contributed by atoms with van der Waals surface area (Å²) in [5.41, 5.74) is -0.469. The second-order valence-electron chi connectivity index (χ2n) is 8.40. The van der Waals surface area contributed by atoms with E-state index in [1.807, 2.05) is 30.3 Å². The number of sulfonamides is 1. The highest BCUT2D eigenvalue weighted by atomic mass is 32.2. The molecule has 8 nitrogen and oxygen atoms in total. The summed E-state index contributed by atoms with van der Waals surface area (Å²) in [6.07, 6.45) is 0.317. The van der Waals surface area contributed by atoms with Crippen molar-refractivity contribution >= 4 is 27.4 Å². The van der Waals surface area contributed by atoms with Gasteiger partial charge in [-0.15, -0.1) is 0 Å². The third-order valence-corrected chi connectivity index (χ3v) is 6.09. The van der Waals surface area contributed by atoms with Crippen LogP contribution in [0.5, 0.6) is 0 Å². The van der Waals surface area contributed by atoms with Gasteiger partial charge in [-0.3, -0.25) is 4.79 Å². The maximum atomic E-state index is 12.6. The van der Waals surface area contributed by atoms with Crippen LogP contribution in [-0.4, -0.2) is 38.2 Å². The van der Waals surface area contributed by atoms with Gasteiger partial charge in [-0.25, -0.2) is 13.1 Å². The van der Waals surface area contributed by atoms with Gasteiger partial charge in [-0.2, -0.15) is 10.2 Å². The maximum Gasteiger partial charge on any atom is 0.309 e. The Morgan fingerprint density at radius 3 is 2.06 bits per heavy atom. The van der Waals surface area contributed by atoms with E-state index in [1.165, 1.54) is 12.1 Å².